The fraction of sp³-hybridized carbons (Fsp3) is 0.923. The minimum atomic E-state index is -0.447. The molecule has 0 aliphatic heterocycles. The molecule has 1 rings (SSSR count). The van der Waals surface area contributed by atoms with Crippen molar-refractivity contribution in [3.8, 4) is 0 Å². The zero-order chi connectivity index (χ0) is 12.9. The highest BCUT2D eigenvalue weighted by molar-refractivity contribution is 5.76. The molecule has 0 spiro atoms. The third-order valence-electron chi connectivity index (χ3n) is 3.73. The van der Waals surface area contributed by atoms with E-state index in [0.29, 0.717) is 18.8 Å². The van der Waals surface area contributed by atoms with Gasteiger partial charge in [0, 0.05) is 6.42 Å². The van der Waals surface area contributed by atoms with Crippen LogP contribution in [0.15, 0.2) is 0 Å². The molecular formula is C13H25NO3. The molecule has 1 atom stereocenters. The van der Waals surface area contributed by atoms with Crippen LogP contribution in [0.5, 0.6) is 0 Å². The Balaban J connectivity index is 2.43. The van der Waals surface area contributed by atoms with Gasteiger partial charge in [0.2, 0.25) is 5.91 Å². The number of carbonyl (C=O) groups is 1. The van der Waals surface area contributed by atoms with Gasteiger partial charge in [0.15, 0.2) is 0 Å². The van der Waals surface area contributed by atoms with Crippen LogP contribution in [0, 0.1) is 5.92 Å². The van der Waals surface area contributed by atoms with Crippen molar-refractivity contribution >= 4 is 5.91 Å². The van der Waals surface area contributed by atoms with Crippen LogP contribution in [0.25, 0.3) is 0 Å². The van der Waals surface area contributed by atoms with Crippen molar-refractivity contribution in [3.05, 3.63) is 0 Å². The Morgan fingerprint density at radius 2 is 2.06 bits per heavy atom. The molecule has 1 saturated carbocycles. The smallest absolute Gasteiger partial charge is 0.220 e. The van der Waals surface area contributed by atoms with E-state index in [0.717, 1.165) is 25.7 Å². The average Bonchev–Trinajstić information content (AvgIpc) is 2.30. The van der Waals surface area contributed by atoms with Gasteiger partial charge in [-0.25, -0.2) is 0 Å². The predicted octanol–water partition coefficient (Wildman–Crippen LogP) is 1.20. The van der Waals surface area contributed by atoms with E-state index in [-0.39, 0.29) is 12.5 Å². The van der Waals surface area contributed by atoms with Crippen molar-refractivity contribution in [2.45, 2.75) is 64.0 Å². The highest BCUT2D eigenvalue weighted by atomic mass is 16.3. The second-order valence-electron chi connectivity index (χ2n) is 5.56. The van der Waals surface area contributed by atoms with E-state index in [1.165, 1.54) is 0 Å². The third kappa shape index (κ3) is 4.64. The van der Waals surface area contributed by atoms with Crippen molar-refractivity contribution in [3.63, 3.8) is 0 Å². The molecule has 0 bridgehead atoms. The van der Waals surface area contributed by atoms with E-state index in [2.05, 4.69) is 12.2 Å². The van der Waals surface area contributed by atoms with Crippen LogP contribution in [0.2, 0.25) is 0 Å². The number of carbonyl (C=O) groups excluding carboxylic acids is 1. The van der Waals surface area contributed by atoms with Gasteiger partial charge in [-0.15, -0.1) is 0 Å². The topological polar surface area (TPSA) is 69.6 Å². The minimum absolute atomic E-state index is 0.0140. The minimum Gasteiger partial charge on any atom is -0.394 e. The number of aliphatic hydroxyl groups is 2. The molecule has 0 heterocycles. The van der Waals surface area contributed by atoms with Crippen LogP contribution in [0.3, 0.4) is 0 Å². The highest BCUT2D eigenvalue weighted by Gasteiger charge is 2.34. The Hall–Kier alpha value is -0.610. The Morgan fingerprint density at radius 1 is 1.47 bits per heavy atom. The van der Waals surface area contributed by atoms with Crippen LogP contribution < -0.4 is 5.32 Å². The summed E-state index contributed by atoms with van der Waals surface area (Å²) in [6.07, 6.45) is 4.17. The zero-order valence-corrected chi connectivity index (χ0v) is 10.9. The summed E-state index contributed by atoms with van der Waals surface area (Å²) >= 11 is 0. The number of nitrogens with one attached hydrogen (secondary N) is 1. The molecule has 0 saturated heterocycles. The molecule has 0 radical (unpaired) electrons. The van der Waals surface area contributed by atoms with Crippen LogP contribution in [-0.2, 0) is 4.79 Å². The zero-order valence-electron chi connectivity index (χ0n) is 10.9. The maximum Gasteiger partial charge on any atom is 0.220 e. The monoisotopic (exact) mass is 243 g/mol. The summed E-state index contributed by atoms with van der Waals surface area (Å²) in [6.45, 7) is 3.90. The molecule has 1 aliphatic rings. The van der Waals surface area contributed by atoms with Gasteiger partial charge in [-0.05, 0) is 44.9 Å². The first-order valence-electron chi connectivity index (χ1n) is 6.57. The molecule has 0 aromatic carbocycles. The molecule has 100 valence electrons. The van der Waals surface area contributed by atoms with Crippen LogP contribution in [-0.4, -0.2) is 34.4 Å². The maximum absolute atomic E-state index is 11.7. The molecule has 0 aromatic heterocycles. The Kier molecular flexibility index (Phi) is 5.40. The molecule has 1 aliphatic carbocycles. The lowest BCUT2D eigenvalue weighted by atomic mass is 9.77. The summed E-state index contributed by atoms with van der Waals surface area (Å²) in [5, 5.41) is 21.6. The van der Waals surface area contributed by atoms with Gasteiger partial charge in [0.1, 0.15) is 0 Å². The molecule has 3 N–H and O–H groups in total. The average molecular weight is 243 g/mol. The molecule has 1 amide bonds. The van der Waals surface area contributed by atoms with Gasteiger partial charge in [0.05, 0.1) is 18.2 Å². The van der Waals surface area contributed by atoms with Gasteiger partial charge in [-0.2, -0.15) is 0 Å². The number of rotatable bonds is 5. The number of aliphatic hydroxyl groups excluding tert-OH is 2. The fourth-order valence-electron chi connectivity index (χ4n) is 2.34. The molecule has 4 nitrogen and oxygen atoms in total. The Labute approximate surface area is 103 Å². The lowest BCUT2D eigenvalue weighted by Gasteiger charge is -2.38. The van der Waals surface area contributed by atoms with Crippen LogP contribution >= 0.6 is 0 Å². The highest BCUT2D eigenvalue weighted by Crippen LogP contribution is 2.31. The van der Waals surface area contributed by atoms with E-state index in [1.54, 1.807) is 6.92 Å². The van der Waals surface area contributed by atoms with Gasteiger partial charge < -0.3 is 15.5 Å². The second-order valence-corrected chi connectivity index (χ2v) is 5.56. The van der Waals surface area contributed by atoms with E-state index in [1.807, 2.05) is 0 Å². The summed E-state index contributed by atoms with van der Waals surface area (Å²) in [5.74, 6) is 0.624. The van der Waals surface area contributed by atoms with Crippen molar-refractivity contribution in [2.75, 3.05) is 6.61 Å². The number of hydrogen-bond donors (Lipinski definition) is 3. The largest absolute Gasteiger partial charge is 0.394 e. The van der Waals surface area contributed by atoms with E-state index < -0.39 is 11.6 Å². The van der Waals surface area contributed by atoms with Crippen LogP contribution in [0.4, 0.5) is 0 Å². The first kappa shape index (κ1) is 14.5. The first-order valence-corrected chi connectivity index (χ1v) is 6.57. The first-order chi connectivity index (χ1) is 7.97. The van der Waals surface area contributed by atoms with Crippen LogP contribution in [0.1, 0.15) is 52.4 Å². The molecule has 4 heteroatoms. The Bertz CT molecular complexity index is 245. The predicted molar refractivity (Wildman–Crippen MR) is 66.5 cm³/mol. The van der Waals surface area contributed by atoms with Gasteiger partial charge >= 0.3 is 0 Å². The quantitative estimate of drug-likeness (QED) is 0.679. The number of amides is 1. The molecule has 1 fully saturated rings. The molecule has 0 aromatic rings. The van der Waals surface area contributed by atoms with Crippen molar-refractivity contribution < 1.29 is 15.0 Å². The molecular weight excluding hydrogens is 218 g/mol. The summed E-state index contributed by atoms with van der Waals surface area (Å²) in [7, 11) is 0. The van der Waals surface area contributed by atoms with Gasteiger partial charge in [-0.3, -0.25) is 4.79 Å². The summed E-state index contributed by atoms with van der Waals surface area (Å²) < 4.78 is 0. The summed E-state index contributed by atoms with van der Waals surface area (Å²) in [5.41, 5.74) is -0.414. The second kappa shape index (κ2) is 6.36. The molecule has 1 unspecified atom stereocenters. The van der Waals surface area contributed by atoms with E-state index in [9.17, 15) is 9.90 Å². The van der Waals surface area contributed by atoms with Gasteiger partial charge in [0.25, 0.3) is 0 Å². The SMILES string of the molecule is CC(O)CCC(=O)NC1(CO)CCC(C)CC1. The third-order valence-corrected chi connectivity index (χ3v) is 3.73. The summed E-state index contributed by atoms with van der Waals surface area (Å²) in [6, 6.07) is 0. The Morgan fingerprint density at radius 3 is 2.53 bits per heavy atom. The number of hydrogen-bond acceptors (Lipinski definition) is 3. The van der Waals surface area contributed by atoms with Gasteiger partial charge in [-0.1, -0.05) is 6.92 Å². The van der Waals surface area contributed by atoms with Crippen molar-refractivity contribution in [2.24, 2.45) is 5.92 Å². The maximum atomic E-state index is 11.7. The van der Waals surface area contributed by atoms with E-state index in [4.69, 9.17) is 5.11 Å². The lowest BCUT2D eigenvalue weighted by Crippen LogP contribution is -2.53. The summed E-state index contributed by atoms with van der Waals surface area (Å²) in [4.78, 5) is 11.7. The van der Waals surface area contributed by atoms with Crippen molar-refractivity contribution in [1.82, 2.24) is 5.32 Å². The van der Waals surface area contributed by atoms with E-state index >= 15 is 0 Å². The fourth-order valence-corrected chi connectivity index (χ4v) is 2.34. The standard InChI is InChI=1S/C13H25NO3/c1-10-5-7-13(9-15,8-6-10)14-12(17)4-3-11(2)16/h10-11,15-16H,3-9H2,1-2H3,(H,14,17). The lowest BCUT2D eigenvalue weighted by molar-refractivity contribution is -0.124. The van der Waals surface area contributed by atoms with Crippen molar-refractivity contribution in [1.29, 1.82) is 0 Å². The molecule has 17 heavy (non-hydrogen) atoms. The normalized spacial score (nSPS) is 30.9.